The highest BCUT2D eigenvalue weighted by atomic mass is 19.3. The van der Waals surface area contributed by atoms with Crippen molar-refractivity contribution in [1.29, 1.82) is 0 Å². The maximum Gasteiger partial charge on any atom is 0.344 e. The molecule has 0 spiro atoms. The highest BCUT2D eigenvalue weighted by molar-refractivity contribution is 5.91. The molecule has 0 bridgehead atoms. The lowest BCUT2D eigenvalue weighted by atomic mass is 9.66. The zero-order valence-corrected chi connectivity index (χ0v) is 28.0. The van der Waals surface area contributed by atoms with Gasteiger partial charge in [0.25, 0.3) is 0 Å². The zero-order valence-electron chi connectivity index (χ0n) is 28.0. The molecule has 272 valence electrons. The molecule has 5 aromatic rings. The van der Waals surface area contributed by atoms with Crippen molar-refractivity contribution in [2.24, 2.45) is 0 Å². The summed E-state index contributed by atoms with van der Waals surface area (Å²) < 4.78 is 95.5. The molecule has 6 nitrogen and oxygen atoms in total. The van der Waals surface area contributed by atoms with Crippen LogP contribution in [0.2, 0.25) is 0 Å². The SMILES string of the molecule is CCCCC(c1ccccc1)(c1ccc(OC(=O)c2ccc(OC(F)=C(F)F)cc2)cc1)c1ccc(OC(=O)c2ccc(OC(F)=C(F)F)cc2)cc1. The van der Waals surface area contributed by atoms with E-state index >= 15 is 0 Å². The molecule has 0 fully saturated rings. The molecule has 0 aromatic heterocycles. The molecule has 0 saturated heterocycles. The Labute approximate surface area is 300 Å². The molecule has 12 heteroatoms. The van der Waals surface area contributed by atoms with E-state index in [4.69, 9.17) is 9.47 Å². The normalized spacial score (nSPS) is 10.9. The van der Waals surface area contributed by atoms with Crippen molar-refractivity contribution < 1.29 is 54.9 Å². The fourth-order valence-corrected chi connectivity index (χ4v) is 5.65. The number of carbonyl (C=O) groups excluding carboxylic acids is 2. The lowest BCUT2D eigenvalue weighted by Crippen LogP contribution is -2.29. The second-order valence-electron chi connectivity index (χ2n) is 11.5. The second-order valence-corrected chi connectivity index (χ2v) is 11.5. The van der Waals surface area contributed by atoms with Gasteiger partial charge in [0, 0.05) is 5.41 Å². The predicted octanol–water partition coefficient (Wildman–Crippen LogP) is 11.5. The van der Waals surface area contributed by atoms with Crippen LogP contribution >= 0.6 is 0 Å². The van der Waals surface area contributed by atoms with E-state index in [2.05, 4.69) is 16.4 Å². The van der Waals surface area contributed by atoms with Crippen LogP contribution in [0.25, 0.3) is 0 Å². The van der Waals surface area contributed by atoms with Gasteiger partial charge in [0.05, 0.1) is 11.1 Å². The number of ether oxygens (including phenoxy) is 4. The molecule has 0 heterocycles. The van der Waals surface area contributed by atoms with Crippen LogP contribution in [-0.2, 0) is 5.41 Å². The first kappa shape index (κ1) is 37.9. The Morgan fingerprint density at radius 3 is 1.17 bits per heavy atom. The van der Waals surface area contributed by atoms with Crippen LogP contribution in [0.3, 0.4) is 0 Å². The Bertz CT molecular complexity index is 1950. The van der Waals surface area contributed by atoms with E-state index in [1.54, 1.807) is 24.3 Å². The van der Waals surface area contributed by atoms with Crippen LogP contribution in [0.15, 0.2) is 152 Å². The standard InChI is InChI=1S/C41H30F6O6/c1-2-3-25-41(28-7-5-4-6-8-28,29-13-21-33(22-14-29)52-39(48)26-9-17-31(18-10-26)50-37(46)35(42)43)30-15-23-34(24-16-30)53-40(49)27-11-19-32(20-12-27)51-38(47)36(44)45/h4-24H,2-3,25H2,1H3. The van der Waals surface area contributed by atoms with Gasteiger partial charge in [-0.2, -0.15) is 26.3 Å². The molecule has 0 N–H and O–H groups in total. The first-order chi connectivity index (χ1) is 25.5. The number of hydrogen-bond donors (Lipinski definition) is 0. The first-order valence-corrected chi connectivity index (χ1v) is 16.2. The van der Waals surface area contributed by atoms with Gasteiger partial charge in [0.2, 0.25) is 0 Å². The molecule has 0 unspecified atom stereocenters. The van der Waals surface area contributed by atoms with E-state index in [0.29, 0.717) is 6.42 Å². The van der Waals surface area contributed by atoms with Crippen molar-refractivity contribution in [2.75, 3.05) is 0 Å². The van der Waals surface area contributed by atoms with Crippen LogP contribution in [0.1, 0.15) is 63.6 Å². The largest absolute Gasteiger partial charge is 0.428 e. The third-order valence-electron chi connectivity index (χ3n) is 8.18. The van der Waals surface area contributed by atoms with E-state index in [1.165, 1.54) is 24.3 Å². The Morgan fingerprint density at radius 1 is 0.472 bits per heavy atom. The molecule has 0 aliphatic heterocycles. The van der Waals surface area contributed by atoms with Gasteiger partial charge in [-0.3, -0.25) is 0 Å². The van der Waals surface area contributed by atoms with Crippen molar-refractivity contribution in [3.63, 3.8) is 0 Å². The number of hydrogen-bond acceptors (Lipinski definition) is 6. The van der Waals surface area contributed by atoms with Crippen molar-refractivity contribution in [2.45, 2.75) is 31.6 Å². The topological polar surface area (TPSA) is 71.1 Å². The summed E-state index contributed by atoms with van der Waals surface area (Å²) in [7, 11) is 0. The van der Waals surface area contributed by atoms with Gasteiger partial charge in [-0.25, -0.2) is 9.59 Å². The molecule has 0 aliphatic rings. The molecule has 0 aliphatic carbocycles. The Hall–Kier alpha value is -6.30. The van der Waals surface area contributed by atoms with E-state index in [-0.39, 0.29) is 34.1 Å². The Balaban J connectivity index is 1.38. The summed E-state index contributed by atoms with van der Waals surface area (Å²) in [6.45, 7) is 2.08. The number of esters is 2. The molecular formula is C41H30F6O6. The molecule has 5 aromatic carbocycles. The second kappa shape index (κ2) is 17.3. The molecule has 0 radical (unpaired) electrons. The summed E-state index contributed by atoms with van der Waals surface area (Å²) >= 11 is 0. The van der Waals surface area contributed by atoms with Gasteiger partial charge in [-0.05, 0) is 95.9 Å². The van der Waals surface area contributed by atoms with E-state index in [1.807, 2.05) is 54.6 Å². The van der Waals surface area contributed by atoms with Crippen LogP contribution in [-0.4, -0.2) is 11.9 Å². The third kappa shape index (κ3) is 9.33. The molecule has 0 atom stereocenters. The first-order valence-electron chi connectivity index (χ1n) is 16.2. The van der Waals surface area contributed by atoms with Gasteiger partial charge in [0.1, 0.15) is 23.0 Å². The smallest absolute Gasteiger partial charge is 0.344 e. The summed E-state index contributed by atoms with van der Waals surface area (Å²) in [5, 5.41) is 0. The van der Waals surface area contributed by atoms with E-state index in [0.717, 1.165) is 53.8 Å². The summed E-state index contributed by atoms with van der Waals surface area (Å²) in [5.74, 6) is -1.44. The molecule has 5 rings (SSSR count). The number of carbonyl (C=O) groups is 2. The van der Waals surface area contributed by atoms with Gasteiger partial charge in [0.15, 0.2) is 0 Å². The number of halogens is 6. The van der Waals surface area contributed by atoms with Crippen LogP contribution in [0, 0.1) is 0 Å². The summed E-state index contributed by atoms with van der Waals surface area (Å²) in [6.07, 6.45) is -2.78. The maximum atomic E-state index is 13.1. The summed E-state index contributed by atoms with van der Waals surface area (Å²) in [5.41, 5.74) is 2.25. The highest BCUT2D eigenvalue weighted by Crippen LogP contribution is 2.44. The van der Waals surface area contributed by atoms with Crippen molar-refractivity contribution in [1.82, 2.24) is 0 Å². The number of benzene rings is 5. The average molecular weight is 733 g/mol. The fraction of sp³-hybridized carbons (Fsp3) is 0.122. The van der Waals surface area contributed by atoms with Crippen LogP contribution in [0.4, 0.5) is 26.3 Å². The Kier molecular flexibility index (Phi) is 12.4. The third-order valence-corrected chi connectivity index (χ3v) is 8.18. The average Bonchev–Trinajstić information content (AvgIpc) is 3.17. The van der Waals surface area contributed by atoms with Crippen molar-refractivity contribution in [3.05, 3.63) is 179 Å². The minimum absolute atomic E-state index is 0.0815. The summed E-state index contributed by atoms with van der Waals surface area (Å²) in [4.78, 5) is 25.7. The molecule has 0 saturated carbocycles. The maximum absolute atomic E-state index is 13.1. The van der Waals surface area contributed by atoms with Crippen molar-refractivity contribution >= 4 is 11.9 Å². The van der Waals surface area contributed by atoms with Gasteiger partial charge >= 0.3 is 36.1 Å². The zero-order chi connectivity index (χ0) is 38.0. The monoisotopic (exact) mass is 732 g/mol. The van der Waals surface area contributed by atoms with Crippen LogP contribution in [0.5, 0.6) is 23.0 Å². The molecule has 0 amide bonds. The van der Waals surface area contributed by atoms with Gasteiger partial charge in [-0.15, -0.1) is 0 Å². The minimum Gasteiger partial charge on any atom is -0.428 e. The van der Waals surface area contributed by atoms with Crippen LogP contribution < -0.4 is 18.9 Å². The number of rotatable bonds is 14. The fourth-order valence-electron chi connectivity index (χ4n) is 5.65. The molecular weight excluding hydrogens is 702 g/mol. The van der Waals surface area contributed by atoms with E-state index in [9.17, 15) is 35.9 Å². The lowest BCUT2D eigenvalue weighted by molar-refractivity contribution is 0.0725. The lowest BCUT2D eigenvalue weighted by Gasteiger charge is -2.36. The van der Waals surface area contributed by atoms with Gasteiger partial charge in [-0.1, -0.05) is 74.4 Å². The highest BCUT2D eigenvalue weighted by Gasteiger charge is 2.36. The van der Waals surface area contributed by atoms with E-state index < -0.39 is 41.5 Å². The number of unbranched alkanes of at least 4 members (excludes halogenated alkanes) is 1. The summed E-state index contributed by atoms with van der Waals surface area (Å²) in [6, 6.07) is 29.5. The van der Waals surface area contributed by atoms with Gasteiger partial charge < -0.3 is 18.9 Å². The molecule has 53 heavy (non-hydrogen) atoms. The van der Waals surface area contributed by atoms with Crippen molar-refractivity contribution in [3.8, 4) is 23.0 Å². The Morgan fingerprint density at radius 2 is 0.811 bits per heavy atom. The minimum atomic E-state index is -2.61. The quantitative estimate of drug-likeness (QED) is 0.0372. The predicted molar refractivity (Wildman–Crippen MR) is 183 cm³/mol.